The van der Waals surface area contributed by atoms with Crippen molar-refractivity contribution >= 4 is 11.7 Å². The molecule has 19 heavy (non-hydrogen) atoms. The lowest BCUT2D eigenvalue weighted by Gasteiger charge is -2.32. The Labute approximate surface area is 113 Å². The lowest BCUT2D eigenvalue weighted by Crippen LogP contribution is -2.45. The van der Waals surface area contributed by atoms with Crippen molar-refractivity contribution in [2.45, 2.75) is 25.7 Å². The SMILES string of the molecule is O=C(N1CCCCC1)N1CCCOc2ccccc21. The van der Waals surface area contributed by atoms with E-state index < -0.39 is 0 Å². The van der Waals surface area contributed by atoms with Gasteiger partial charge in [-0.1, -0.05) is 12.1 Å². The van der Waals surface area contributed by atoms with Crippen LogP contribution in [0.15, 0.2) is 24.3 Å². The van der Waals surface area contributed by atoms with Gasteiger partial charge in [0.05, 0.1) is 12.3 Å². The second-order valence-corrected chi connectivity index (χ2v) is 5.15. The number of ether oxygens (including phenoxy) is 1. The zero-order valence-electron chi connectivity index (χ0n) is 11.2. The molecule has 2 amide bonds. The summed E-state index contributed by atoms with van der Waals surface area (Å²) in [6.07, 6.45) is 4.37. The zero-order chi connectivity index (χ0) is 13.1. The fourth-order valence-corrected chi connectivity index (χ4v) is 2.78. The summed E-state index contributed by atoms with van der Waals surface area (Å²) in [4.78, 5) is 16.5. The number of fused-ring (bicyclic) bond motifs is 1. The largest absolute Gasteiger partial charge is 0.491 e. The molecule has 4 heteroatoms. The highest BCUT2D eigenvalue weighted by Crippen LogP contribution is 2.31. The molecular formula is C15H20N2O2. The summed E-state index contributed by atoms with van der Waals surface area (Å²) in [5.74, 6) is 0.824. The molecule has 0 N–H and O–H groups in total. The van der Waals surface area contributed by atoms with Gasteiger partial charge in [-0.05, 0) is 37.8 Å². The first-order chi connectivity index (χ1) is 9.36. The van der Waals surface area contributed by atoms with Crippen LogP contribution in [-0.4, -0.2) is 37.2 Å². The van der Waals surface area contributed by atoms with E-state index in [0.29, 0.717) is 6.61 Å². The fraction of sp³-hybridized carbons (Fsp3) is 0.533. The molecule has 4 nitrogen and oxygen atoms in total. The molecule has 2 aliphatic heterocycles. The average Bonchev–Trinajstić information content (AvgIpc) is 2.70. The number of rotatable bonds is 0. The normalized spacial score (nSPS) is 19.4. The number of nitrogens with zero attached hydrogens (tertiary/aromatic N) is 2. The maximum atomic E-state index is 12.7. The van der Waals surface area contributed by atoms with Gasteiger partial charge in [-0.25, -0.2) is 4.79 Å². The molecule has 2 aliphatic rings. The van der Waals surface area contributed by atoms with Crippen molar-refractivity contribution in [2.75, 3.05) is 31.1 Å². The van der Waals surface area contributed by atoms with Crippen molar-refractivity contribution in [2.24, 2.45) is 0 Å². The van der Waals surface area contributed by atoms with Crippen LogP contribution >= 0.6 is 0 Å². The lowest BCUT2D eigenvalue weighted by molar-refractivity contribution is 0.193. The molecule has 0 radical (unpaired) electrons. The van der Waals surface area contributed by atoms with Crippen LogP contribution in [0.1, 0.15) is 25.7 Å². The van der Waals surface area contributed by atoms with Gasteiger partial charge in [-0.2, -0.15) is 0 Å². The molecule has 1 aromatic carbocycles. The predicted molar refractivity (Wildman–Crippen MR) is 74.7 cm³/mol. The van der Waals surface area contributed by atoms with E-state index in [1.165, 1.54) is 6.42 Å². The lowest BCUT2D eigenvalue weighted by atomic mass is 10.1. The monoisotopic (exact) mass is 260 g/mol. The first-order valence-electron chi connectivity index (χ1n) is 7.14. The fourth-order valence-electron chi connectivity index (χ4n) is 2.78. The summed E-state index contributed by atoms with van der Waals surface area (Å²) in [7, 11) is 0. The summed E-state index contributed by atoms with van der Waals surface area (Å²) in [5, 5.41) is 0. The van der Waals surface area contributed by atoms with Gasteiger partial charge in [-0.3, -0.25) is 4.90 Å². The second kappa shape index (κ2) is 5.51. The molecule has 1 fully saturated rings. The molecule has 0 saturated carbocycles. The molecule has 0 spiro atoms. The number of benzene rings is 1. The molecule has 0 aromatic heterocycles. The Balaban J connectivity index is 1.84. The molecule has 0 atom stereocenters. The first kappa shape index (κ1) is 12.3. The summed E-state index contributed by atoms with van der Waals surface area (Å²) in [5.41, 5.74) is 0.913. The quantitative estimate of drug-likeness (QED) is 0.718. The van der Waals surface area contributed by atoms with Gasteiger partial charge in [0.1, 0.15) is 5.75 Å². The molecule has 0 aliphatic carbocycles. The van der Waals surface area contributed by atoms with Crippen molar-refractivity contribution in [3.63, 3.8) is 0 Å². The van der Waals surface area contributed by atoms with Gasteiger partial charge >= 0.3 is 6.03 Å². The second-order valence-electron chi connectivity index (χ2n) is 5.15. The minimum Gasteiger partial charge on any atom is -0.491 e. The van der Waals surface area contributed by atoms with Crippen molar-refractivity contribution in [3.05, 3.63) is 24.3 Å². The minimum absolute atomic E-state index is 0.137. The van der Waals surface area contributed by atoms with Crippen LogP contribution in [0.2, 0.25) is 0 Å². The summed E-state index contributed by atoms with van der Waals surface area (Å²) in [6.45, 7) is 3.20. The number of para-hydroxylation sites is 2. The Morgan fingerprint density at radius 1 is 1.00 bits per heavy atom. The Kier molecular flexibility index (Phi) is 3.58. The van der Waals surface area contributed by atoms with Crippen molar-refractivity contribution < 1.29 is 9.53 Å². The standard InChI is InChI=1S/C15H20N2O2/c18-15(16-9-4-1-5-10-16)17-11-6-12-19-14-8-3-2-7-13(14)17/h2-3,7-8H,1,4-6,9-12H2. The smallest absolute Gasteiger partial charge is 0.324 e. The Bertz CT molecular complexity index is 455. The van der Waals surface area contributed by atoms with Crippen LogP contribution in [0.3, 0.4) is 0 Å². The van der Waals surface area contributed by atoms with E-state index in [1.807, 2.05) is 34.1 Å². The average molecular weight is 260 g/mol. The molecule has 2 heterocycles. The number of carbonyl (C=O) groups is 1. The summed E-state index contributed by atoms with van der Waals surface area (Å²) >= 11 is 0. The van der Waals surface area contributed by atoms with Crippen LogP contribution in [0, 0.1) is 0 Å². The molecule has 102 valence electrons. The molecule has 0 unspecified atom stereocenters. The number of hydrogen-bond acceptors (Lipinski definition) is 2. The van der Waals surface area contributed by atoms with E-state index in [1.54, 1.807) is 0 Å². The first-order valence-corrected chi connectivity index (χ1v) is 7.14. The van der Waals surface area contributed by atoms with Crippen LogP contribution in [0.5, 0.6) is 5.75 Å². The predicted octanol–water partition coefficient (Wildman–Crippen LogP) is 2.88. The number of anilines is 1. The van der Waals surface area contributed by atoms with Crippen LogP contribution < -0.4 is 9.64 Å². The Hall–Kier alpha value is -1.71. The molecule has 1 saturated heterocycles. The van der Waals surface area contributed by atoms with E-state index in [4.69, 9.17) is 4.74 Å². The maximum absolute atomic E-state index is 12.7. The zero-order valence-corrected chi connectivity index (χ0v) is 11.2. The molecule has 1 aromatic rings. The van der Waals surface area contributed by atoms with Crippen molar-refractivity contribution in [3.8, 4) is 5.75 Å². The van der Waals surface area contributed by atoms with Gasteiger partial charge in [0, 0.05) is 19.6 Å². The number of likely N-dealkylation sites (tertiary alicyclic amines) is 1. The highest BCUT2D eigenvalue weighted by molar-refractivity contribution is 5.93. The highest BCUT2D eigenvalue weighted by atomic mass is 16.5. The Morgan fingerprint density at radius 3 is 2.63 bits per heavy atom. The van der Waals surface area contributed by atoms with E-state index in [2.05, 4.69) is 0 Å². The topological polar surface area (TPSA) is 32.8 Å². The van der Waals surface area contributed by atoms with Crippen molar-refractivity contribution in [1.29, 1.82) is 0 Å². The summed E-state index contributed by atoms with van der Waals surface area (Å²) in [6, 6.07) is 7.97. The number of urea groups is 1. The van der Waals surface area contributed by atoms with E-state index >= 15 is 0 Å². The van der Waals surface area contributed by atoms with Gasteiger partial charge in [0.15, 0.2) is 0 Å². The number of amides is 2. The van der Waals surface area contributed by atoms with Gasteiger partial charge < -0.3 is 9.64 Å². The van der Waals surface area contributed by atoms with Crippen molar-refractivity contribution in [1.82, 2.24) is 4.90 Å². The number of carbonyl (C=O) groups excluding carboxylic acids is 1. The van der Waals surface area contributed by atoms with Crippen LogP contribution in [-0.2, 0) is 0 Å². The minimum atomic E-state index is 0.137. The highest BCUT2D eigenvalue weighted by Gasteiger charge is 2.26. The third-order valence-corrected chi connectivity index (χ3v) is 3.80. The van der Waals surface area contributed by atoms with Gasteiger partial charge in [0.2, 0.25) is 0 Å². The van der Waals surface area contributed by atoms with E-state index in [9.17, 15) is 4.79 Å². The van der Waals surface area contributed by atoms with Crippen LogP contribution in [0.25, 0.3) is 0 Å². The van der Waals surface area contributed by atoms with E-state index in [0.717, 1.165) is 50.3 Å². The third-order valence-electron chi connectivity index (χ3n) is 3.80. The molecular weight excluding hydrogens is 240 g/mol. The third kappa shape index (κ3) is 2.53. The summed E-state index contributed by atoms with van der Waals surface area (Å²) < 4.78 is 5.70. The Morgan fingerprint density at radius 2 is 1.79 bits per heavy atom. The molecule has 0 bridgehead atoms. The van der Waals surface area contributed by atoms with Gasteiger partial charge in [0.25, 0.3) is 0 Å². The van der Waals surface area contributed by atoms with E-state index in [-0.39, 0.29) is 6.03 Å². The van der Waals surface area contributed by atoms with Crippen LogP contribution in [0.4, 0.5) is 10.5 Å². The number of piperidine rings is 1. The molecule has 3 rings (SSSR count). The van der Waals surface area contributed by atoms with Gasteiger partial charge in [-0.15, -0.1) is 0 Å². The maximum Gasteiger partial charge on any atom is 0.324 e. The number of hydrogen-bond donors (Lipinski definition) is 0.